The number of hydrogen-bond acceptors (Lipinski definition) is 4. The molecule has 0 spiro atoms. The lowest BCUT2D eigenvalue weighted by Gasteiger charge is -2.22. The van der Waals surface area contributed by atoms with Gasteiger partial charge in [0.2, 0.25) is 0 Å². The van der Waals surface area contributed by atoms with Gasteiger partial charge in [-0.3, -0.25) is 0 Å². The fourth-order valence-electron chi connectivity index (χ4n) is 2.35. The summed E-state index contributed by atoms with van der Waals surface area (Å²) in [5.41, 5.74) is 1.51. The van der Waals surface area contributed by atoms with Gasteiger partial charge in [-0.1, -0.05) is 11.6 Å². The van der Waals surface area contributed by atoms with Crippen LogP contribution in [0.25, 0.3) is 0 Å². The summed E-state index contributed by atoms with van der Waals surface area (Å²) in [6.07, 6.45) is 9.54. The maximum atomic E-state index is 5.75. The molecule has 2 saturated heterocycles. The van der Waals surface area contributed by atoms with E-state index in [1.807, 2.05) is 0 Å². The molecule has 0 N–H and O–H groups in total. The van der Waals surface area contributed by atoms with E-state index in [-0.39, 0.29) is 6.29 Å². The van der Waals surface area contributed by atoms with Crippen molar-refractivity contribution in [3.05, 3.63) is 11.6 Å². The van der Waals surface area contributed by atoms with Crippen molar-refractivity contribution in [2.24, 2.45) is 0 Å². The molecule has 19 heavy (non-hydrogen) atoms. The predicted molar refractivity (Wildman–Crippen MR) is 85.9 cm³/mol. The fraction of sp³-hybridized carbons (Fsp3) is 0.867. The lowest BCUT2D eigenvalue weighted by Crippen LogP contribution is -2.22. The zero-order valence-corrected chi connectivity index (χ0v) is 13.6. The Bertz CT molecular complexity index is 269. The highest BCUT2D eigenvalue weighted by atomic mass is 32.2. The third kappa shape index (κ3) is 6.56. The molecule has 2 aliphatic heterocycles. The molecule has 0 aromatic heterocycles. The summed E-state index contributed by atoms with van der Waals surface area (Å²) >= 11 is 4.25. The summed E-state index contributed by atoms with van der Waals surface area (Å²) in [6, 6.07) is 0. The quantitative estimate of drug-likeness (QED) is 0.532. The third-order valence-electron chi connectivity index (χ3n) is 3.44. The lowest BCUT2D eigenvalue weighted by molar-refractivity contribution is -0.161. The molecular weight excluding hydrogens is 276 g/mol. The molecule has 4 heteroatoms. The van der Waals surface area contributed by atoms with Crippen LogP contribution in [0.15, 0.2) is 11.6 Å². The van der Waals surface area contributed by atoms with Crippen LogP contribution < -0.4 is 0 Å². The van der Waals surface area contributed by atoms with Gasteiger partial charge >= 0.3 is 0 Å². The molecule has 2 nitrogen and oxygen atoms in total. The molecule has 2 rings (SSSR count). The van der Waals surface area contributed by atoms with Crippen LogP contribution in [-0.4, -0.2) is 35.6 Å². The van der Waals surface area contributed by atoms with Gasteiger partial charge in [0.25, 0.3) is 0 Å². The molecule has 0 aromatic rings. The lowest BCUT2D eigenvalue weighted by atomic mass is 10.2. The van der Waals surface area contributed by atoms with E-state index in [9.17, 15) is 0 Å². The third-order valence-corrected chi connectivity index (χ3v) is 6.38. The van der Waals surface area contributed by atoms with E-state index in [4.69, 9.17) is 9.47 Å². The van der Waals surface area contributed by atoms with Gasteiger partial charge in [-0.05, 0) is 57.0 Å². The SMILES string of the molecule is CC(=CCCOC1CCCCO1)CC1SCCCS1. The monoisotopic (exact) mass is 302 g/mol. The zero-order valence-electron chi connectivity index (χ0n) is 11.9. The number of thioether (sulfide) groups is 2. The van der Waals surface area contributed by atoms with Gasteiger partial charge in [-0.2, -0.15) is 0 Å². The number of rotatable bonds is 6. The molecule has 0 radical (unpaired) electrons. The Hall–Kier alpha value is 0.360. The molecule has 0 bridgehead atoms. The average Bonchev–Trinajstić information content (AvgIpc) is 2.46. The second kappa shape index (κ2) is 9.32. The Morgan fingerprint density at radius 2 is 2.11 bits per heavy atom. The molecule has 2 aliphatic rings. The summed E-state index contributed by atoms with van der Waals surface area (Å²) in [7, 11) is 0. The van der Waals surface area contributed by atoms with Crippen LogP contribution in [0.2, 0.25) is 0 Å². The zero-order chi connectivity index (χ0) is 13.3. The van der Waals surface area contributed by atoms with Gasteiger partial charge in [0.1, 0.15) is 0 Å². The molecule has 0 saturated carbocycles. The molecule has 2 heterocycles. The predicted octanol–water partition coefficient (Wildman–Crippen LogP) is 4.45. The first-order valence-corrected chi connectivity index (χ1v) is 9.56. The second-order valence-corrected chi connectivity index (χ2v) is 8.15. The standard InChI is InChI=1S/C15H26O2S2/c1-13(12-15-18-10-5-11-19-15)6-4-9-17-14-7-2-3-8-16-14/h6,14-15H,2-5,7-12H2,1H3. The highest BCUT2D eigenvalue weighted by molar-refractivity contribution is 8.17. The second-order valence-electron chi connectivity index (χ2n) is 5.23. The maximum absolute atomic E-state index is 5.75. The van der Waals surface area contributed by atoms with Crippen LogP contribution in [0, 0.1) is 0 Å². The normalized spacial score (nSPS) is 26.6. The largest absolute Gasteiger partial charge is 0.353 e. The van der Waals surface area contributed by atoms with Crippen LogP contribution in [0.4, 0.5) is 0 Å². The minimum absolute atomic E-state index is 0.0620. The van der Waals surface area contributed by atoms with Crippen LogP contribution in [-0.2, 0) is 9.47 Å². The Balaban J connectivity index is 1.55. The maximum Gasteiger partial charge on any atom is 0.157 e. The summed E-state index contributed by atoms with van der Waals surface area (Å²) in [5.74, 6) is 2.68. The van der Waals surface area contributed by atoms with Crippen molar-refractivity contribution >= 4 is 23.5 Å². The first-order chi connectivity index (χ1) is 9.34. The van der Waals surface area contributed by atoms with E-state index in [0.29, 0.717) is 0 Å². The Morgan fingerprint density at radius 1 is 1.26 bits per heavy atom. The molecule has 1 unspecified atom stereocenters. The molecule has 0 aromatic carbocycles. The topological polar surface area (TPSA) is 18.5 Å². The summed E-state index contributed by atoms with van der Waals surface area (Å²) in [6.45, 7) is 3.93. The van der Waals surface area contributed by atoms with Gasteiger partial charge < -0.3 is 9.47 Å². The van der Waals surface area contributed by atoms with Crippen molar-refractivity contribution in [3.63, 3.8) is 0 Å². The minimum Gasteiger partial charge on any atom is -0.353 e. The van der Waals surface area contributed by atoms with E-state index >= 15 is 0 Å². The molecule has 2 fully saturated rings. The molecule has 0 amide bonds. The highest BCUT2D eigenvalue weighted by Gasteiger charge is 2.15. The Morgan fingerprint density at radius 3 is 2.84 bits per heavy atom. The van der Waals surface area contributed by atoms with E-state index in [0.717, 1.165) is 30.6 Å². The summed E-state index contributed by atoms with van der Waals surface area (Å²) < 4.78 is 12.1. The summed E-state index contributed by atoms with van der Waals surface area (Å²) in [5, 5.41) is 0. The number of hydrogen-bond donors (Lipinski definition) is 0. The number of allylic oxidation sites excluding steroid dienone is 1. The van der Waals surface area contributed by atoms with Gasteiger partial charge in [-0.25, -0.2) is 0 Å². The van der Waals surface area contributed by atoms with E-state index in [1.54, 1.807) is 0 Å². The first kappa shape index (κ1) is 15.7. The summed E-state index contributed by atoms with van der Waals surface area (Å²) in [4.78, 5) is 0. The van der Waals surface area contributed by atoms with Gasteiger partial charge in [-0.15, -0.1) is 23.5 Å². The first-order valence-electron chi connectivity index (χ1n) is 7.46. The molecule has 0 aliphatic carbocycles. The number of ether oxygens (including phenoxy) is 2. The van der Waals surface area contributed by atoms with Crippen LogP contribution >= 0.6 is 23.5 Å². The van der Waals surface area contributed by atoms with Crippen molar-refractivity contribution in [3.8, 4) is 0 Å². The Kier molecular flexibility index (Phi) is 7.73. The smallest absolute Gasteiger partial charge is 0.157 e. The van der Waals surface area contributed by atoms with Crippen LogP contribution in [0.5, 0.6) is 0 Å². The highest BCUT2D eigenvalue weighted by Crippen LogP contribution is 2.34. The van der Waals surface area contributed by atoms with Crippen molar-refractivity contribution in [1.82, 2.24) is 0 Å². The molecule has 110 valence electrons. The van der Waals surface area contributed by atoms with Gasteiger partial charge in [0, 0.05) is 6.61 Å². The van der Waals surface area contributed by atoms with Crippen LogP contribution in [0.3, 0.4) is 0 Å². The average molecular weight is 303 g/mol. The van der Waals surface area contributed by atoms with Gasteiger partial charge in [0.05, 0.1) is 11.2 Å². The molecule has 1 atom stereocenters. The van der Waals surface area contributed by atoms with E-state index in [2.05, 4.69) is 36.5 Å². The van der Waals surface area contributed by atoms with Crippen molar-refractivity contribution in [2.75, 3.05) is 24.7 Å². The van der Waals surface area contributed by atoms with Crippen molar-refractivity contribution < 1.29 is 9.47 Å². The van der Waals surface area contributed by atoms with Gasteiger partial charge in [0.15, 0.2) is 6.29 Å². The fourth-order valence-corrected chi connectivity index (χ4v) is 5.40. The van der Waals surface area contributed by atoms with Crippen LogP contribution in [0.1, 0.15) is 45.4 Å². The van der Waals surface area contributed by atoms with Crippen molar-refractivity contribution in [1.29, 1.82) is 0 Å². The van der Waals surface area contributed by atoms with E-state index in [1.165, 1.54) is 42.8 Å². The van der Waals surface area contributed by atoms with E-state index < -0.39 is 0 Å². The molecular formula is C15H26O2S2. The minimum atomic E-state index is 0.0620. The van der Waals surface area contributed by atoms with Crippen molar-refractivity contribution in [2.45, 2.75) is 56.3 Å². The Labute approximate surface area is 126 Å².